The van der Waals surface area contributed by atoms with Crippen molar-refractivity contribution >= 4 is 28.3 Å². The van der Waals surface area contributed by atoms with Gasteiger partial charge in [-0.1, -0.05) is 6.07 Å². The second kappa shape index (κ2) is 5.93. The highest BCUT2D eigenvalue weighted by atomic mass is 19.4. The number of nitrogens with zero attached hydrogens (tertiary/aromatic N) is 1. The number of hydrogen-bond acceptors (Lipinski definition) is 4. The topological polar surface area (TPSA) is 85.4 Å². The molecule has 1 amide bonds. The van der Waals surface area contributed by atoms with Crippen molar-refractivity contribution in [2.45, 2.75) is 6.18 Å². The molecule has 0 saturated carbocycles. The smallest absolute Gasteiger partial charge is 0.416 e. The molecule has 128 valence electrons. The number of non-ortho nitro benzene ring substituents is 1. The van der Waals surface area contributed by atoms with Gasteiger partial charge < -0.3 is 9.73 Å². The van der Waals surface area contributed by atoms with E-state index in [1.165, 1.54) is 36.4 Å². The van der Waals surface area contributed by atoms with Crippen LogP contribution in [0, 0.1) is 10.1 Å². The lowest BCUT2D eigenvalue weighted by Crippen LogP contribution is -2.12. The number of halogens is 3. The first-order chi connectivity index (χ1) is 11.7. The first-order valence-electron chi connectivity index (χ1n) is 6.90. The minimum atomic E-state index is -4.53. The third-order valence-corrected chi connectivity index (χ3v) is 3.38. The predicted molar refractivity (Wildman–Crippen MR) is 82.3 cm³/mol. The molecular weight excluding hydrogens is 341 g/mol. The van der Waals surface area contributed by atoms with Gasteiger partial charge in [-0.3, -0.25) is 14.9 Å². The zero-order valence-electron chi connectivity index (χ0n) is 12.3. The van der Waals surface area contributed by atoms with E-state index in [9.17, 15) is 28.1 Å². The van der Waals surface area contributed by atoms with Gasteiger partial charge in [0, 0.05) is 23.2 Å². The number of benzene rings is 2. The second-order valence-electron chi connectivity index (χ2n) is 5.12. The number of nitro benzene ring substituents is 1. The van der Waals surface area contributed by atoms with Gasteiger partial charge in [0.2, 0.25) is 0 Å². The first-order valence-corrected chi connectivity index (χ1v) is 6.90. The van der Waals surface area contributed by atoms with E-state index >= 15 is 0 Å². The average Bonchev–Trinajstić information content (AvgIpc) is 2.97. The summed E-state index contributed by atoms with van der Waals surface area (Å²) < 4.78 is 43.3. The molecule has 1 heterocycles. The number of fused-ring (bicyclic) bond motifs is 1. The van der Waals surface area contributed by atoms with Crippen LogP contribution in [0.1, 0.15) is 16.1 Å². The molecule has 0 aliphatic carbocycles. The van der Waals surface area contributed by atoms with E-state index in [4.69, 9.17) is 4.42 Å². The summed E-state index contributed by atoms with van der Waals surface area (Å²) in [7, 11) is 0. The van der Waals surface area contributed by atoms with Crippen LogP contribution >= 0.6 is 0 Å². The van der Waals surface area contributed by atoms with Crippen LogP contribution in [0.25, 0.3) is 11.0 Å². The van der Waals surface area contributed by atoms with Gasteiger partial charge in [0.15, 0.2) is 5.76 Å². The Balaban J connectivity index is 1.86. The SMILES string of the molecule is O=C(Nc1cccc(C(F)(F)F)c1)c1cc2cc([N+](=O)[O-])ccc2o1. The van der Waals surface area contributed by atoms with Crippen molar-refractivity contribution in [3.8, 4) is 0 Å². The molecule has 2 aromatic carbocycles. The fraction of sp³-hybridized carbons (Fsp3) is 0.0625. The van der Waals surface area contributed by atoms with Gasteiger partial charge in [0.05, 0.1) is 10.5 Å². The maximum atomic E-state index is 12.7. The molecule has 0 radical (unpaired) electrons. The van der Waals surface area contributed by atoms with Crippen LogP contribution in [0.3, 0.4) is 0 Å². The van der Waals surface area contributed by atoms with Crippen molar-refractivity contribution in [2.75, 3.05) is 5.32 Å². The monoisotopic (exact) mass is 350 g/mol. The third-order valence-electron chi connectivity index (χ3n) is 3.38. The van der Waals surface area contributed by atoms with Crippen molar-refractivity contribution in [1.29, 1.82) is 0 Å². The summed E-state index contributed by atoms with van der Waals surface area (Å²) in [6, 6.07) is 9.24. The molecule has 0 unspecified atom stereocenters. The molecule has 6 nitrogen and oxygen atoms in total. The molecule has 25 heavy (non-hydrogen) atoms. The Bertz CT molecular complexity index is 979. The first kappa shape index (κ1) is 16.5. The van der Waals surface area contributed by atoms with Gasteiger partial charge in [-0.2, -0.15) is 13.2 Å². The van der Waals surface area contributed by atoms with E-state index in [0.29, 0.717) is 5.39 Å². The molecule has 0 fully saturated rings. The summed E-state index contributed by atoms with van der Waals surface area (Å²) in [6.45, 7) is 0. The van der Waals surface area contributed by atoms with Crippen LogP contribution in [0.15, 0.2) is 52.9 Å². The van der Waals surface area contributed by atoms with Crippen LogP contribution in [0.2, 0.25) is 0 Å². The Kier molecular flexibility index (Phi) is 3.91. The number of furan rings is 1. The lowest BCUT2D eigenvalue weighted by Gasteiger charge is -2.09. The molecule has 3 aromatic rings. The van der Waals surface area contributed by atoms with Crippen molar-refractivity contribution in [3.63, 3.8) is 0 Å². The molecule has 0 atom stereocenters. The Hall–Kier alpha value is -3.36. The molecule has 1 N–H and O–H groups in total. The molecule has 0 bridgehead atoms. The summed E-state index contributed by atoms with van der Waals surface area (Å²) in [6.07, 6.45) is -4.53. The van der Waals surface area contributed by atoms with E-state index in [1.54, 1.807) is 0 Å². The number of carbonyl (C=O) groups is 1. The highest BCUT2D eigenvalue weighted by Gasteiger charge is 2.30. The zero-order chi connectivity index (χ0) is 18.2. The largest absolute Gasteiger partial charge is 0.451 e. The molecule has 0 spiro atoms. The zero-order valence-corrected chi connectivity index (χ0v) is 12.3. The Morgan fingerprint density at radius 3 is 2.56 bits per heavy atom. The Morgan fingerprint density at radius 1 is 1.12 bits per heavy atom. The standard InChI is InChI=1S/C16H9F3N2O4/c17-16(18,19)10-2-1-3-11(8-10)20-15(22)14-7-9-6-12(21(23)24)4-5-13(9)25-14/h1-8H,(H,20,22). The minimum absolute atomic E-state index is 0.0498. The van der Waals surface area contributed by atoms with Crippen LogP contribution in [-0.4, -0.2) is 10.8 Å². The summed E-state index contributed by atoms with van der Waals surface area (Å²) in [5, 5.41) is 13.4. The van der Waals surface area contributed by atoms with Gasteiger partial charge in [-0.25, -0.2) is 0 Å². The van der Waals surface area contributed by atoms with Gasteiger partial charge in [0.25, 0.3) is 11.6 Å². The Morgan fingerprint density at radius 2 is 1.88 bits per heavy atom. The molecular formula is C16H9F3N2O4. The van der Waals surface area contributed by atoms with Crippen LogP contribution < -0.4 is 5.32 Å². The number of rotatable bonds is 3. The fourth-order valence-electron chi connectivity index (χ4n) is 2.22. The van der Waals surface area contributed by atoms with E-state index in [-0.39, 0.29) is 22.7 Å². The minimum Gasteiger partial charge on any atom is -0.451 e. The molecule has 1 aromatic heterocycles. The van der Waals surface area contributed by atoms with Crippen molar-refractivity contribution in [2.24, 2.45) is 0 Å². The highest BCUT2D eigenvalue weighted by Crippen LogP contribution is 2.31. The van der Waals surface area contributed by atoms with Gasteiger partial charge in [-0.05, 0) is 30.3 Å². The number of nitrogens with one attached hydrogen (secondary N) is 1. The third kappa shape index (κ3) is 3.44. The summed E-state index contributed by atoms with van der Waals surface area (Å²) >= 11 is 0. The molecule has 0 aliphatic rings. The number of hydrogen-bond donors (Lipinski definition) is 1. The lowest BCUT2D eigenvalue weighted by molar-refractivity contribution is -0.384. The van der Waals surface area contributed by atoms with Crippen LogP contribution in [0.5, 0.6) is 0 Å². The molecule has 0 aliphatic heterocycles. The van der Waals surface area contributed by atoms with Gasteiger partial charge >= 0.3 is 6.18 Å². The molecule has 9 heteroatoms. The van der Waals surface area contributed by atoms with Gasteiger partial charge in [-0.15, -0.1) is 0 Å². The maximum Gasteiger partial charge on any atom is 0.416 e. The van der Waals surface area contributed by atoms with Crippen LogP contribution in [0.4, 0.5) is 24.5 Å². The predicted octanol–water partition coefficient (Wildman–Crippen LogP) is 4.61. The fourth-order valence-corrected chi connectivity index (χ4v) is 2.22. The number of anilines is 1. The lowest BCUT2D eigenvalue weighted by atomic mass is 10.2. The van der Waals surface area contributed by atoms with E-state index in [1.807, 2.05) is 0 Å². The summed E-state index contributed by atoms with van der Waals surface area (Å²) in [4.78, 5) is 22.3. The van der Waals surface area contributed by atoms with Gasteiger partial charge in [0.1, 0.15) is 5.58 Å². The van der Waals surface area contributed by atoms with Crippen molar-refractivity contribution in [3.05, 3.63) is 70.0 Å². The number of nitro groups is 1. The molecule has 3 rings (SSSR count). The quantitative estimate of drug-likeness (QED) is 0.552. The van der Waals surface area contributed by atoms with E-state index in [0.717, 1.165) is 12.1 Å². The normalized spacial score (nSPS) is 11.5. The number of alkyl halides is 3. The maximum absolute atomic E-state index is 12.7. The number of carbonyl (C=O) groups excluding carboxylic acids is 1. The highest BCUT2D eigenvalue weighted by molar-refractivity contribution is 6.04. The number of amides is 1. The van der Waals surface area contributed by atoms with Crippen molar-refractivity contribution < 1.29 is 27.3 Å². The average molecular weight is 350 g/mol. The summed E-state index contributed by atoms with van der Waals surface area (Å²) in [5.41, 5.74) is -0.866. The van der Waals surface area contributed by atoms with Crippen molar-refractivity contribution in [1.82, 2.24) is 0 Å². The van der Waals surface area contributed by atoms with Crippen LogP contribution in [-0.2, 0) is 6.18 Å². The molecule has 0 saturated heterocycles. The van der Waals surface area contributed by atoms with E-state index in [2.05, 4.69) is 5.32 Å². The summed E-state index contributed by atoms with van der Waals surface area (Å²) in [5.74, 6) is -0.939. The second-order valence-corrected chi connectivity index (χ2v) is 5.12. The van der Waals surface area contributed by atoms with E-state index < -0.39 is 22.6 Å². The Labute approximate surface area is 138 Å².